The van der Waals surface area contributed by atoms with Crippen LogP contribution in [0.4, 0.5) is 11.5 Å². The van der Waals surface area contributed by atoms with E-state index in [1.165, 1.54) is 0 Å². The highest BCUT2D eigenvalue weighted by Gasteiger charge is 1.99. The van der Waals surface area contributed by atoms with E-state index in [1.807, 2.05) is 36.4 Å². The van der Waals surface area contributed by atoms with Crippen LogP contribution in [0, 0.1) is 0 Å². The molecule has 88 valence electrons. The van der Waals surface area contributed by atoms with Crippen molar-refractivity contribution in [2.45, 2.75) is 6.54 Å². The predicted molar refractivity (Wildman–Crippen MR) is 69.0 cm³/mol. The highest BCUT2D eigenvalue weighted by molar-refractivity contribution is 5.61. The molecule has 0 unspecified atom stereocenters. The van der Waals surface area contributed by atoms with Crippen LogP contribution in [0.1, 0.15) is 5.56 Å². The summed E-state index contributed by atoms with van der Waals surface area (Å²) in [5.74, 6) is 1.36. The third kappa shape index (κ3) is 2.87. The summed E-state index contributed by atoms with van der Waals surface area (Å²) in [4.78, 5) is 4.02. The van der Waals surface area contributed by atoms with E-state index in [9.17, 15) is 0 Å². The number of pyridine rings is 1. The fourth-order valence-corrected chi connectivity index (χ4v) is 1.55. The Labute approximate surface area is 100 Å². The van der Waals surface area contributed by atoms with Gasteiger partial charge in [-0.15, -0.1) is 0 Å². The SMILES string of the molecule is COc1cccc(CNc2cccnc2N)c1. The number of methoxy groups -OCH3 is 1. The summed E-state index contributed by atoms with van der Waals surface area (Å²) in [5, 5.41) is 3.24. The van der Waals surface area contributed by atoms with Crippen molar-refractivity contribution in [2.24, 2.45) is 0 Å². The summed E-state index contributed by atoms with van der Waals surface area (Å²) in [6, 6.07) is 11.7. The van der Waals surface area contributed by atoms with E-state index < -0.39 is 0 Å². The van der Waals surface area contributed by atoms with E-state index in [0.717, 1.165) is 17.0 Å². The van der Waals surface area contributed by atoms with Crippen LogP contribution < -0.4 is 15.8 Å². The van der Waals surface area contributed by atoms with E-state index in [-0.39, 0.29) is 0 Å². The molecule has 0 aliphatic rings. The Bertz CT molecular complexity index is 500. The fourth-order valence-electron chi connectivity index (χ4n) is 1.55. The van der Waals surface area contributed by atoms with Gasteiger partial charge in [-0.2, -0.15) is 0 Å². The van der Waals surface area contributed by atoms with Gasteiger partial charge in [0.2, 0.25) is 0 Å². The monoisotopic (exact) mass is 229 g/mol. The molecule has 1 aromatic carbocycles. The minimum absolute atomic E-state index is 0.510. The number of nitrogen functional groups attached to an aromatic ring is 1. The predicted octanol–water partition coefficient (Wildman–Crippen LogP) is 2.28. The molecule has 2 aromatic rings. The third-order valence-electron chi connectivity index (χ3n) is 2.46. The molecule has 0 saturated carbocycles. The normalized spacial score (nSPS) is 9.94. The number of hydrogen-bond donors (Lipinski definition) is 2. The van der Waals surface area contributed by atoms with Gasteiger partial charge in [-0.1, -0.05) is 12.1 Å². The quantitative estimate of drug-likeness (QED) is 0.844. The van der Waals surface area contributed by atoms with Crippen LogP contribution in [-0.4, -0.2) is 12.1 Å². The van der Waals surface area contributed by atoms with Crippen molar-refractivity contribution < 1.29 is 4.74 Å². The van der Waals surface area contributed by atoms with Crippen LogP contribution in [-0.2, 0) is 6.54 Å². The van der Waals surface area contributed by atoms with Gasteiger partial charge in [-0.25, -0.2) is 4.98 Å². The smallest absolute Gasteiger partial charge is 0.146 e. The summed E-state index contributed by atoms with van der Waals surface area (Å²) >= 11 is 0. The zero-order chi connectivity index (χ0) is 12.1. The minimum Gasteiger partial charge on any atom is -0.497 e. The molecule has 3 N–H and O–H groups in total. The molecule has 2 rings (SSSR count). The summed E-state index contributed by atoms with van der Waals surface area (Å²) in [6.45, 7) is 0.688. The zero-order valence-electron chi connectivity index (χ0n) is 9.68. The fraction of sp³-hybridized carbons (Fsp3) is 0.154. The number of aromatic nitrogens is 1. The van der Waals surface area contributed by atoms with Gasteiger partial charge in [-0.3, -0.25) is 0 Å². The van der Waals surface area contributed by atoms with Crippen LogP contribution in [0.15, 0.2) is 42.6 Å². The minimum atomic E-state index is 0.510. The molecule has 1 aromatic heterocycles. The third-order valence-corrected chi connectivity index (χ3v) is 2.46. The molecule has 0 saturated heterocycles. The van der Waals surface area contributed by atoms with Crippen molar-refractivity contribution >= 4 is 11.5 Å². The van der Waals surface area contributed by atoms with Gasteiger partial charge < -0.3 is 15.8 Å². The number of anilines is 2. The van der Waals surface area contributed by atoms with Gasteiger partial charge in [0, 0.05) is 12.7 Å². The zero-order valence-corrected chi connectivity index (χ0v) is 9.68. The van der Waals surface area contributed by atoms with Crippen LogP contribution in [0.5, 0.6) is 5.75 Å². The van der Waals surface area contributed by atoms with Crippen LogP contribution in [0.3, 0.4) is 0 Å². The molecule has 17 heavy (non-hydrogen) atoms. The Morgan fingerprint density at radius 2 is 2.18 bits per heavy atom. The van der Waals surface area contributed by atoms with E-state index in [4.69, 9.17) is 10.5 Å². The Balaban J connectivity index is 2.05. The van der Waals surface area contributed by atoms with Crippen LogP contribution >= 0.6 is 0 Å². The Hall–Kier alpha value is -2.23. The average Bonchev–Trinajstić information content (AvgIpc) is 2.38. The molecule has 0 amide bonds. The number of ether oxygens (including phenoxy) is 1. The van der Waals surface area contributed by atoms with E-state index in [2.05, 4.69) is 10.3 Å². The Morgan fingerprint density at radius 3 is 2.94 bits per heavy atom. The van der Waals surface area contributed by atoms with Gasteiger partial charge in [0.15, 0.2) is 0 Å². The van der Waals surface area contributed by atoms with Crippen LogP contribution in [0.2, 0.25) is 0 Å². The number of rotatable bonds is 4. The van der Waals surface area contributed by atoms with E-state index in [1.54, 1.807) is 13.3 Å². The number of nitrogens with two attached hydrogens (primary N) is 1. The van der Waals surface area contributed by atoms with Crippen molar-refractivity contribution in [3.8, 4) is 5.75 Å². The standard InChI is InChI=1S/C13H15N3O/c1-17-11-5-2-4-10(8-11)9-16-12-6-3-7-15-13(12)14/h2-8,16H,9H2,1H3,(H2,14,15). The maximum Gasteiger partial charge on any atom is 0.146 e. The molecule has 1 heterocycles. The summed E-state index contributed by atoms with van der Waals surface area (Å²) in [6.07, 6.45) is 1.67. The van der Waals surface area contributed by atoms with Crippen molar-refractivity contribution in [1.29, 1.82) is 0 Å². The Kier molecular flexibility index (Phi) is 3.45. The maximum absolute atomic E-state index is 5.74. The second-order valence-electron chi connectivity index (χ2n) is 3.64. The first-order valence-electron chi connectivity index (χ1n) is 5.37. The maximum atomic E-state index is 5.74. The molecule has 0 radical (unpaired) electrons. The van der Waals surface area contributed by atoms with Crippen molar-refractivity contribution in [3.05, 3.63) is 48.2 Å². The number of benzene rings is 1. The molecule has 0 atom stereocenters. The Morgan fingerprint density at radius 1 is 1.29 bits per heavy atom. The first kappa shape index (κ1) is 11.3. The summed E-state index contributed by atoms with van der Waals surface area (Å²) < 4.78 is 5.17. The number of hydrogen-bond acceptors (Lipinski definition) is 4. The first-order valence-corrected chi connectivity index (χ1v) is 5.37. The van der Waals surface area contributed by atoms with Crippen molar-refractivity contribution in [1.82, 2.24) is 4.98 Å². The van der Waals surface area contributed by atoms with Gasteiger partial charge >= 0.3 is 0 Å². The molecular weight excluding hydrogens is 214 g/mol. The van der Waals surface area contributed by atoms with Gasteiger partial charge in [0.25, 0.3) is 0 Å². The van der Waals surface area contributed by atoms with Gasteiger partial charge in [0.05, 0.1) is 12.8 Å². The van der Waals surface area contributed by atoms with E-state index in [0.29, 0.717) is 12.4 Å². The molecule has 0 aliphatic heterocycles. The lowest BCUT2D eigenvalue weighted by Crippen LogP contribution is -2.03. The van der Waals surface area contributed by atoms with Crippen molar-refractivity contribution in [3.63, 3.8) is 0 Å². The molecule has 0 bridgehead atoms. The summed E-state index contributed by atoms with van der Waals surface area (Å²) in [7, 11) is 1.66. The highest BCUT2D eigenvalue weighted by Crippen LogP contribution is 2.17. The lowest BCUT2D eigenvalue weighted by Gasteiger charge is -2.09. The lowest BCUT2D eigenvalue weighted by atomic mass is 10.2. The van der Waals surface area contributed by atoms with Gasteiger partial charge in [0.1, 0.15) is 11.6 Å². The summed E-state index contributed by atoms with van der Waals surface area (Å²) in [5.41, 5.74) is 7.72. The topological polar surface area (TPSA) is 60.2 Å². The average molecular weight is 229 g/mol. The number of nitrogens with zero attached hydrogens (tertiary/aromatic N) is 1. The first-order chi connectivity index (χ1) is 8.29. The molecule has 4 nitrogen and oxygen atoms in total. The molecule has 4 heteroatoms. The lowest BCUT2D eigenvalue weighted by molar-refractivity contribution is 0.414. The second-order valence-corrected chi connectivity index (χ2v) is 3.64. The number of nitrogens with one attached hydrogen (secondary N) is 1. The largest absolute Gasteiger partial charge is 0.497 e. The van der Waals surface area contributed by atoms with Crippen molar-refractivity contribution in [2.75, 3.05) is 18.2 Å². The van der Waals surface area contributed by atoms with E-state index >= 15 is 0 Å². The highest BCUT2D eigenvalue weighted by atomic mass is 16.5. The molecule has 0 spiro atoms. The second kappa shape index (κ2) is 5.21. The van der Waals surface area contributed by atoms with Crippen LogP contribution in [0.25, 0.3) is 0 Å². The molecular formula is C13H15N3O. The molecule has 0 aliphatic carbocycles. The van der Waals surface area contributed by atoms with Gasteiger partial charge in [-0.05, 0) is 29.8 Å². The molecule has 0 fully saturated rings.